The maximum atomic E-state index is 12.2. The Kier molecular flexibility index (Phi) is 5.48. The standard InChI is InChI=1S/C19H14Cl2N2O4/c20-13-3-1-10(2-4-13)5-16(24)22-9-12-7-14(21)6-11-8-15(19(26)27)18(25)23-17(11)12/h1-4,6-8H,5,9H2,(H,22,24)(H,23,25)(H,26,27). The van der Waals surface area contributed by atoms with E-state index >= 15 is 0 Å². The number of halogens is 2. The van der Waals surface area contributed by atoms with Crippen molar-refractivity contribution in [1.29, 1.82) is 0 Å². The molecule has 3 rings (SSSR count). The number of aromatic carboxylic acids is 1. The molecule has 6 nitrogen and oxygen atoms in total. The number of carboxylic acids is 1. The van der Waals surface area contributed by atoms with Crippen molar-refractivity contribution in [3.05, 3.63) is 79.6 Å². The summed E-state index contributed by atoms with van der Waals surface area (Å²) in [6, 6.07) is 11.4. The highest BCUT2D eigenvalue weighted by Gasteiger charge is 2.13. The minimum atomic E-state index is -1.32. The average molecular weight is 405 g/mol. The van der Waals surface area contributed by atoms with Crippen LogP contribution in [0.2, 0.25) is 10.0 Å². The molecule has 1 aromatic heterocycles. The van der Waals surface area contributed by atoms with Gasteiger partial charge in [0.15, 0.2) is 0 Å². The predicted molar refractivity (Wildman–Crippen MR) is 104 cm³/mol. The van der Waals surface area contributed by atoms with Crippen molar-refractivity contribution >= 4 is 46.0 Å². The van der Waals surface area contributed by atoms with Crippen LogP contribution in [0.3, 0.4) is 0 Å². The van der Waals surface area contributed by atoms with Gasteiger partial charge in [-0.15, -0.1) is 0 Å². The maximum Gasteiger partial charge on any atom is 0.341 e. The van der Waals surface area contributed by atoms with Crippen LogP contribution in [-0.4, -0.2) is 22.0 Å². The van der Waals surface area contributed by atoms with Crippen molar-refractivity contribution in [2.45, 2.75) is 13.0 Å². The third-order valence-electron chi connectivity index (χ3n) is 3.98. The van der Waals surface area contributed by atoms with Gasteiger partial charge in [-0.25, -0.2) is 4.79 Å². The summed E-state index contributed by atoms with van der Waals surface area (Å²) in [5.74, 6) is -1.54. The second-order valence-corrected chi connectivity index (χ2v) is 6.80. The highest BCUT2D eigenvalue weighted by molar-refractivity contribution is 6.31. The summed E-state index contributed by atoms with van der Waals surface area (Å²) in [6.07, 6.45) is 0.176. The molecule has 0 aliphatic rings. The Hall–Kier alpha value is -2.83. The molecule has 1 amide bonds. The molecule has 0 saturated heterocycles. The second kappa shape index (κ2) is 7.82. The minimum Gasteiger partial charge on any atom is -0.477 e. The van der Waals surface area contributed by atoms with Crippen molar-refractivity contribution < 1.29 is 14.7 Å². The second-order valence-electron chi connectivity index (χ2n) is 5.93. The molecular formula is C19H14Cl2N2O4. The summed E-state index contributed by atoms with van der Waals surface area (Å²) in [7, 11) is 0. The van der Waals surface area contributed by atoms with Crippen LogP contribution in [0.25, 0.3) is 10.9 Å². The van der Waals surface area contributed by atoms with E-state index in [0.717, 1.165) is 5.56 Å². The van der Waals surface area contributed by atoms with Gasteiger partial charge in [-0.2, -0.15) is 0 Å². The zero-order chi connectivity index (χ0) is 19.6. The number of aromatic nitrogens is 1. The van der Waals surface area contributed by atoms with Gasteiger partial charge in [0.1, 0.15) is 5.56 Å². The number of aromatic amines is 1. The Morgan fingerprint density at radius 2 is 1.74 bits per heavy atom. The number of carbonyl (C=O) groups excluding carboxylic acids is 1. The fourth-order valence-corrected chi connectivity index (χ4v) is 3.07. The first-order valence-electron chi connectivity index (χ1n) is 7.93. The molecule has 27 heavy (non-hydrogen) atoms. The largest absolute Gasteiger partial charge is 0.477 e. The van der Waals surface area contributed by atoms with Crippen molar-refractivity contribution in [3.63, 3.8) is 0 Å². The first-order valence-corrected chi connectivity index (χ1v) is 8.69. The normalized spacial score (nSPS) is 10.7. The number of amides is 1. The van der Waals surface area contributed by atoms with Gasteiger partial charge in [-0.1, -0.05) is 35.3 Å². The third-order valence-corrected chi connectivity index (χ3v) is 4.45. The van der Waals surface area contributed by atoms with Crippen LogP contribution < -0.4 is 10.9 Å². The zero-order valence-corrected chi connectivity index (χ0v) is 15.4. The number of nitrogens with one attached hydrogen (secondary N) is 2. The SMILES string of the molecule is O=C(Cc1ccc(Cl)cc1)NCc1cc(Cl)cc2cc(C(=O)O)c(=O)[nH]c12. The van der Waals surface area contributed by atoms with Gasteiger partial charge in [0, 0.05) is 22.0 Å². The molecule has 0 bridgehead atoms. The van der Waals surface area contributed by atoms with E-state index in [-0.39, 0.29) is 24.4 Å². The van der Waals surface area contributed by atoms with E-state index in [9.17, 15) is 14.4 Å². The Morgan fingerprint density at radius 3 is 2.41 bits per heavy atom. The number of carbonyl (C=O) groups is 2. The molecule has 0 fully saturated rings. The van der Waals surface area contributed by atoms with Crippen LogP contribution in [0.4, 0.5) is 0 Å². The summed E-state index contributed by atoms with van der Waals surface area (Å²) in [5.41, 5.74) is 0.734. The number of pyridine rings is 1. The van der Waals surface area contributed by atoms with E-state index in [0.29, 0.717) is 26.5 Å². The lowest BCUT2D eigenvalue weighted by Crippen LogP contribution is -2.25. The molecule has 0 atom stereocenters. The Balaban J connectivity index is 1.82. The summed E-state index contributed by atoms with van der Waals surface area (Å²) in [4.78, 5) is 37.8. The van der Waals surface area contributed by atoms with E-state index < -0.39 is 11.5 Å². The van der Waals surface area contributed by atoms with E-state index in [4.69, 9.17) is 28.3 Å². The molecule has 0 saturated carbocycles. The molecule has 3 aromatic rings. The number of fused-ring (bicyclic) bond motifs is 1. The summed E-state index contributed by atoms with van der Waals surface area (Å²) >= 11 is 11.9. The van der Waals surface area contributed by atoms with Gasteiger partial charge >= 0.3 is 5.97 Å². The van der Waals surface area contributed by atoms with Gasteiger partial charge < -0.3 is 15.4 Å². The number of hydrogen-bond donors (Lipinski definition) is 3. The maximum absolute atomic E-state index is 12.2. The van der Waals surface area contributed by atoms with Crippen LogP contribution in [0.5, 0.6) is 0 Å². The Morgan fingerprint density at radius 1 is 1.04 bits per heavy atom. The van der Waals surface area contributed by atoms with Crippen molar-refractivity contribution in [2.75, 3.05) is 0 Å². The van der Waals surface area contributed by atoms with Crippen LogP contribution in [-0.2, 0) is 17.8 Å². The Bertz CT molecular complexity index is 1090. The van der Waals surface area contributed by atoms with Gasteiger partial charge in [-0.3, -0.25) is 9.59 Å². The molecule has 0 aliphatic heterocycles. The molecule has 8 heteroatoms. The fraction of sp³-hybridized carbons (Fsp3) is 0.105. The summed E-state index contributed by atoms with van der Waals surface area (Å²) in [6.45, 7) is 0.131. The predicted octanol–water partition coefficient (Wildman–Crippen LogP) is 3.39. The van der Waals surface area contributed by atoms with Gasteiger partial charge in [0.05, 0.1) is 11.9 Å². The molecule has 0 aliphatic carbocycles. The van der Waals surface area contributed by atoms with Crippen LogP contribution in [0.15, 0.2) is 47.3 Å². The van der Waals surface area contributed by atoms with Gasteiger partial charge in [0.2, 0.25) is 5.91 Å². The molecule has 138 valence electrons. The highest BCUT2D eigenvalue weighted by Crippen LogP contribution is 2.22. The number of hydrogen-bond acceptors (Lipinski definition) is 3. The number of H-pyrrole nitrogens is 1. The summed E-state index contributed by atoms with van der Waals surface area (Å²) < 4.78 is 0. The van der Waals surface area contributed by atoms with Crippen molar-refractivity contribution in [1.82, 2.24) is 10.3 Å². The van der Waals surface area contributed by atoms with Crippen molar-refractivity contribution in [2.24, 2.45) is 0 Å². The monoisotopic (exact) mass is 404 g/mol. The topological polar surface area (TPSA) is 99.3 Å². The first kappa shape index (κ1) is 18.9. The lowest BCUT2D eigenvalue weighted by molar-refractivity contribution is -0.120. The zero-order valence-electron chi connectivity index (χ0n) is 13.9. The fourth-order valence-electron chi connectivity index (χ4n) is 2.70. The van der Waals surface area contributed by atoms with Gasteiger partial charge in [-0.05, 0) is 41.5 Å². The quantitative estimate of drug-likeness (QED) is 0.606. The lowest BCUT2D eigenvalue weighted by atomic mass is 10.1. The molecule has 0 unspecified atom stereocenters. The Labute approximate surface area is 163 Å². The average Bonchev–Trinajstić information content (AvgIpc) is 2.61. The molecule has 1 heterocycles. The number of carboxylic acid groups (broad SMARTS) is 1. The highest BCUT2D eigenvalue weighted by atomic mass is 35.5. The van der Waals surface area contributed by atoms with E-state index in [2.05, 4.69) is 10.3 Å². The smallest absolute Gasteiger partial charge is 0.341 e. The number of benzene rings is 2. The van der Waals surface area contributed by atoms with E-state index in [1.54, 1.807) is 36.4 Å². The lowest BCUT2D eigenvalue weighted by Gasteiger charge is -2.10. The van der Waals surface area contributed by atoms with E-state index in [1.807, 2.05) is 0 Å². The molecule has 2 aromatic carbocycles. The molecule has 3 N–H and O–H groups in total. The third kappa shape index (κ3) is 4.48. The first-order chi connectivity index (χ1) is 12.8. The van der Waals surface area contributed by atoms with E-state index in [1.165, 1.54) is 6.07 Å². The van der Waals surface area contributed by atoms with Crippen LogP contribution in [0, 0.1) is 0 Å². The molecule has 0 spiro atoms. The van der Waals surface area contributed by atoms with Gasteiger partial charge in [0.25, 0.3) is 5.56 Å². The minimum absolute atomic E-state index is 0.131. The molecule has 0 radical (unpaired) electrons. The van der Waals surface area contributed by atoms with Crippen LogP contribution in [0.1, 0.15) is 21.5 Å². The van der Waals surface area contributed by atoms with Crippen LogP contribution >= 0.6 is 23.2 Å². The summed E-state index contributed by atoms with van der Waals surface area (Å²) in [5, 5.41) is 13.3. The molecular weight excluding hydrogens is 391 g/mol. The van der Waals surface area contributed by atoms with Crippen molar-refractivity contribution in [3.8, 4) is 0 Å². The number of rotatable bonds is 5.